The molecule has 2 aromatic heterocycles. The van der Waals surface area contributed by atoms with Crippen molar-refractivity contribution >= 4 is 22.6 Å². The molecule has 0 aliphatic rings. The van der Waals surface area contributed by atoms with Crippen molar-refractivity contribution in [2.24, 2.45) is 12.0 Å². The van der Waals surface area contributed by atoms with Crippen molar-refractivity contribution in [1.82, 2.24) is 14.5 Å². The van der Waals surface area contributed by atoms with Crippen molar-refractivity contribution in [2.75, 3.05) is 7.11 Å². The molecule has 0 unspecified atom stereocenters. The second-order valence-electron chi connectivity index (χ2n) is 6.75. The molecule has 0 bridgehead atoms. The van der Waals surface area contributed by atoms with Crippen LogP contribution in [-0.2, 0) is 7.05 Å². The van der Waals surface area contributed by atoms with Crippen LogP contribution in [0.4, 0.5) is 4.39 Å². The molecule has 0 aliphatic carbocycles. The van der Waals surface area contributed by atoms with Gasteiger partial charge < -0.3 is 14.3 Å². The van der Waals surface area contributed by atoms with Crippen LogP contribution in [0.3, 0.4) is 0 Å². The lowest BCUT2D eigenvalue weighted by atomic mass is 9.96. The van der Waals surface area contributed by atoms with Crippen LogP contribution in [-0.4, -0.2) is 32.7 Å². The first kappa shape index (κ1) is 20.6. The number of H-pyrrole nitrogens is 1. The maximum absolute atomic E-state index is 14.9. The lowest BCUT2D eigenvalue weighted by Crippen LogP contribution is -2.07. The molecule has 2 aromatic carbocycles. The summed E-state index contributed by atoms with van der Waals surface area (Å²) in [7, 11) is 3.27. The molecule has 6 nitrogen and oxygen atoms in total. The number of nitrogens with one attached hydrogen (secondary N) is 2. The van der Waals surface area contributed by atoms with E-state index in [4.69, 9.17) is 21.7 Å². The number of nitrogens with zero attached hydrogens (tertiary/aromatic N) is 3. The van der Waals surface area contributed by atoms with E-state index in [1.807, 2.05) is 30.3 Å². The van der Waals surface area contributed by atoms with Gasteiger partial charge in [-0.25, -0.2) is 14.4 Å². The van der Waals surface area contributed by atoms with E-state index < -0.39 is 5.82 Å². The Morgan fingerprint density at radius 1 is 1.16 bits per heavy atom. The fourth-order valence-electron chi connectivity index (χ4n) is 3.42. The van der Waals surface area contributed by atoms with E-state index in [2.05, 4.69) is 15.0 Å². The quantitative estimate of drug-likeness (QED) is 0.332. The average molecular weight is 436 g/mol. The maximum atomic E-state index is 14.9. The standard InChI is InChI=1S/C23H19ClFN5O/c1-30-12-11-27-23(30)22(26)29-21(24)20-18(14-7-4-3-5-8-14)15(13-28-20)19-16(25)9-6-10-17(19)31-2/h3-13,26,28H,1-2H3. The summed E-state index contributed by atoms with van der Waals surface area (Å²) in [5.74, 6) is 0.269. The zero-order valence-corrected chi connectivity index (χ0v) is 17.6. The van der Waals surface area contributed by atoms with E-state index >= 15 is 0 Å². The largest absolute Gasteiger partial charge is 0.496 e. The number of ether oxygens (including phenoxy) is 1. The zero-order chi connectivity index (χ0) is 22.0. The molecule has 0 radical (unpaired) electrons. The van der Waals surface area contributed by atoms with Gasteiger partial charge in [-0.1, -0.05) is 48.0 Å². The van der Waals surface area contributed by atoms with Crippen molar-refractivity contribution in [3.05, 3.63) is 84.5 Å². The molecule has 0 atom stereocenters. The van der Waals surface area contributed by atoms with Gasteiger partial charge in [0, 0.05) is 36.8 Å². The first-order valence-corrected chi connectivity index (χ1v) is 9.79. The summed E-state index contributed by atoms with van der Waals surface area (Å²) in [6.07, 6.45) is 4.97. The maximum Gasteiger partial charge on any atom is 0.189 e. The third-order valence-corrected chi connectivity index (χ3v) is 5.13. The van der Waals surface area contributed by atoms with Crippen LogP contribution in [0.25, 0.3) is 22.3 Å². The Morgan fingerprint density at radius 3 is 2.61 bits per heavy atom. The topological polar surface area (TPSA) is 79.1 Å². The first-order valence-electron chi connectivity index (χ1n) is 9.41. The minimum absolute atomic E-state index is 0.0633. The van der Waals surface area contributed by atoms with Crippen molar-refractivity contribution in [1.29, 1.82) is 5.41 Å². The smallest absolute Gasteiger partial charge is 0.189 e. The molecule has 4 rings (SSSR count). The highest BCUT2D eigenvalue weighted by molar-refractivity contribution is 6.70. The van der Waals surface area contributed by atoms with Crippen LogP contribution < -0.4 is 4.74 Å². The van der Waals surface area contributed by atoms with Gasteiger partial charge in [0.15, 0.2) is 16.8 Å². The van der Waals surface area contributed by atoms with Gasteiger partial charge in [0.05, 0.1) is 18.4 Å². The minimum Gasteiger partial charge on any atom is -0.496 e. The van der Waals surface area contributed by atoms with E-state index in [0.29, 0.717) is 34.0 Å². The molecular weight excluding hydrogens is 417 g/mol. The minimum atomic E-state index is -0.420. The van der Waals surface area contributed by atoms with Gasteiger partial charge in [-0.05, 0) is 17.7 Å². The van der Waals surface area contributed by atoms with Gasteiger partial charge in [0.2, 0.25) is 0 Å². The number of imidazole rings is 1. The van der Waals surface area contributed by atoms with E-state index in [-0.39, 0.29) is 11.0 Å². The van der Waals surface area contributed by atoms with Crippen molar-refractivity contribution in [2.45, 2.75) is 0 Å². The molecule has 0 saturated heterocycles. The monoisotopic (exact) mass is 435 g/mol. The van der Waals surface area contributed by atoms with Crippen LogP contribution in [0.15, 0.2) is 72.1 Å². The number of rotatable bonds is 5. The predicted octanol–water partition coefficient (Wildman–Crippen LogP) is 5.24. The van der Waals surface area contributed by atoms with Gasteiger partial charge in [0.25, 0.3) is 0 Å². The van der Waals surface area contributed by atoms with Crippen molar-refractivity contribution in [3.63, 3.8) is 0 Å². The number of benzene rings is 2. The van der Waals surface area contributed by atoms with Gasteiger partial charge >= 0.3 is 0 Å². The Balaban J connectivity index is 1.90. The number of aromatic amines is 1. The molecule has 31 heavy (non-hydrogen) atoms. The molecule has 156 valence electrons. The average Bonchev–Trinajstić information content (AvgIpc) is 3.40. The normalized spacial score (nSPS) is 11.5. The highest BCUT2D eigenvalue weighted by Gasteiger charge is 2.23. The molecule has 0 saturated carbocycles. The Morgan fingerprint density at radius 2 is 1.94 bits per heavy atom. The fraction of sp³-hybridized carbons (Fsp3) is 0.0870. The van der Waals surface area contributed by atoms with E-state index in [9.17, 15) is 4.39 Å². The van der Waals surface area contributed by atoms with Gasteiger partial charge in [0.1, 0.15) is 11.6 Å². The summed E-state index contributed by atoms with van der Waals surface area (Å²) in [5, 5.41) is 8.33. The van der Waals surface area contributed by atoms with Crippen LogP contribution >= 0.6 is 11.6 Å². The third-order valence-electron chi connectivity index (χ3n) is 4.86. The molecule has 0 aliphatic heterocycles. The van der Waals surface area contributed by atoms with Crippen LogP contribution in [0.1, 0.15) is 11.5 Å². The second kappa shape index (κ2) is 8.57. The van der Waals surface area contributed by atoms with E-state index in [0.717, 1.165) is 5.56 Å². The summed E-state index contributed by atoms with van der Waals surface area (Å²) >= 11 is 6.56. The Labute approximate surface area is 183 Å². The van der Waals surface area contributed by atoms with Crippen molar-refractivity contribution < 1.29 is 9.13 Å². The number of hydrogen-bond donors (Lipinski definition) is 2. The Hall–Kier alpha value is -3.71. The summed E-state index contributed by atoms with van der Waals surface area (Å²) in [6, 6.07) is 14.1. The van der Waals surface area contributed by atoms with Gasteiger partial charge in [-0.3, -0.25) is 5.41 Å². The number of halogens is 2. The molecule has 0 spiro atoms. The lowest BCUT2D eigenvalue weighted by Gasteiger charge is -2.12. The lowest BCUT2D eigenvalue weighted by molar-refractivity contribution is 0.413. The predicted molar refractivity (Wildman–Crippen MR) is 121 cm³/mol. The Bertz CT molecular complexity index is 1280. The number of aromatic nitrogens is 3. The van der Waals surface area contributed by atoms with Gasteiger partial charge in [-0.15, -0.1) is 0 Å². The number of hydrogen-bond acceptors (Lipinski definition) is 3. The van der Waals surface area contributed by atoms with E-state index in [1.54, 1.807) is 42.3 Å². The highest BCUT2D eigenvalue weighted by Crippen LogP contribution is 2.41. The van der Waals surface area contributed by atoms with Crippen molar-refractivity contribution in [3.8, 4) is 28.0 Å². The number of amidine groups is 1. The molecule has 0 amide bonds. The summed E-state index contributed by atoms with van der Waals surface area (Å²) in [4.78, 5) is 11.5. The third kappa shape index (κ3) is 3.87. The Kier molecular flexibility index (Phi) is 5.68. The molecule has 4 aromatic rings. The highest BCUT2D eigenvalue weighted by atomic mass is 35.5. The molecule has 8 heteroatoms. The van der Waals surface area contributed by atoms with Crippen LogP contribution in [0.2, 0.25) is 0 Å². The van der Waals surface area contributed by atoms with Gasteiger partial charge in [-0.2, -0.15) is 0 Å². The molecule has 0 fully saturated rings. The fourth-order valence-corrected chi connectivity index (χ4v) is 3.66. The first-order chi connectivity index (χ1) is 15.0. The molecular formula is C23H19ClFN5O. The molecule has 2 heterocycles. The SMILES string of the molecule is COc1cccc(F)c1-c1c[nH]c(C(Cl)=NC(=N)c2nccn2C)c1-c1ccccc1. The molecule has 2 N–H and O–H groups in total. The number of aryl methyl sites for hydroxylation is 1. The summed E-state index contributed by atoms with van der Waals surface area (Å²) < 4.78 is 22.0. The van der Waals surface area contributed by atoms with E-state index in [1.165, 1.54) is 13.2 Å². The van der Waals surface area contributed by atoms with Crippen LogP contribution in [0, 0.1) is 11.2 Å². The van der Waals surface area contributed by atoms with Crippen LogP contribution in [0.5, 0.6) is 5.75 Å². The summed E-state index contributed by atoms with van der Waals surface area (Å²) in [6.45, 7) is 0. The number of methoxy groups -OCH3 is 1. The zero-order valence-electron chi connectivity index (χ0n) is 16.9. The summed E-state index contributed by atoms with van der Waals surface area (Å²) in [5.41, 5.74) is 2.83. The second-order valence-corrected chi connectivity index (χ2v) is 7.11. The number of aliphatic imine (C=N–C) groups is 1.